The van der Waals surface area contributed by atoms with Crippen LogP contribution in [0, 0.1) is 18.3 Å². The zero-order valence-electron chi connectivity index (χ0n) is 19.7. The molecule has 0 bridgehead atoms. The lowest BCUT2D eigenvalue weighted by molar-refractivity contribution is 0.0988. The van der Waals surface area contributed by atoms with Crippen LogP contribution in [-0.4, -0.2) is 18.9 Å². The molecule has 4 rings (SSSR count). The molecule has 0 aromatic heterocycles. The predicted octanol–water partition coefficient (Wildman–Crippen LogP) is 7.29. The van der Waals surface area contributed by atoms with Crippen molar-refractivity contribution in [1.82, 2.24) is 0 Å². The number of Topliss-reactive ketones (excluding diaryl/α,β-unsaturated/α-hetero) is 1. The van der Waals surface area contributed by atoms with Gasteiger partial charge in [0.2, 0.25) is 0 Å². The maximum Gasteiger partial charge on any atom is 0.162 e. The van der Waals surface area contributed by atoms with E-state index in [-0.39, 0.29) is 5.78 Å². The Morgan fingerprint density at radius 2 is 1.73 bits per heavy atom. The molecule has 1 aliphatic rings. The molecule has 0 amide bonds. The first-order valence-electron chi connectivity index (χ1n) is 11.7. The van der Waals surface area contributed by atoms with E-state index in [1.165, 1.54) is 18.4 Å². The van der Waals surface area contributed by atoms with Crippen LogP contribution < -0.4 is 4.90 Å². The Hall–Kier alpha value is -3.64. The third-order valence-electron chi connectivity index (χ3n) is 6.61. The average molecular weight is 435 g/mol. The fourth-order valence-electron chi connectivity index (χ4n) is 4.59. The second kappa shape index (κ2) is 9.88. The number of rotatable bonds is 6. The van der Waals surface area contributed by atoms with Crippen LogP contribution in [0.3, 0.4) is 0 Å². The Labute approximate surface area is 197 Å². The summed E-state index contributed by atoms with van der Waals surface area (Å²) in [6, 6.07) is 22.9. The van der Waals surface area contributed by atoms with Gasteiger partial charge in [-0.15, -0.1) is 0 Å². The molecular weight excluding hydrogens is 404 g/mol. The Balaban J connectivity index is 1.65. The normalized spacial score (nSPS) is 13.8. The number of benzene rings is 3. The number of hydrogen-bond acceptors (Lipinski definition) is 3. The molecule has 0 unspecified atom stereocenters. The molecule has 1 heterocycles. The molecule has 3 nitrogen and oxygen atoms in total. The van der Waals surface area contributed by atoms with Gasteiger partial charge in [0.1, 0.15) is 6.07 Å². The summed E-state index contributed by atoms with van der Waals surface area (Å²) in [6.07, 6.45) is 5.10. The fraction of sp³-hybridized carbons (Fsp3) is 0.267. The van der Waals surface area contributed by atoms with E-state index in [4.69, 9.17) is 0 Å². The first-order valence-corrected chi connectivity index (χ1v) is 11.7. The molecule has 3 aromatic rings. The lowest BCUT2D eigenvalue weighted by atomic mass is 9.93. The quantitative estimate of drug-likeness (QED) is 0.302. The smallest absolute Gasteiger partial charge is 0.162 e. The van der Waals surface area contributed by atoms with Crippen molar-refractivity contribution >= 4 is 23.1 Å². The van der Waals surface area contributed by atoms with Crippen LogP contribution in [-0.2, 0) is 0 Å². The van der Waals surface area contributed by atoms with E-state index < -0.39 is 0 Å². The largest absolute Gasteiger partial charge is 0.370 e. The first kappa shape index (κ1) is 22.6. The van der Waals surface area contributed by atoms with Crippen LogP contribution >= 0.6 is 0 Å². The molecule has 0 aliphatic carbocycles. The molecule has 1 fully saturated rings. The molecular formula is C30H30N2O. The van der Waals surface area contributed by atoms with Crippen LogP contribution in [0.1, 0.15) is 65.7 Å². The van der Waals surface area contributed by atoms with Crippen LogP contribution in [0.4, 0.5) is 5.69 Å². The van der Waals surface area contributed by atoms with Crippen molar-refractivity contribution in [3.05, 3.63) is 88.5 Å². The molecule has 0 N–H and O–H groups in total. The number of nitrogens with zero attached hydrogens (tertiary/aromatic N) is 2. The van der Waals surface area contributed by atoms with E-state index in [2.05, 4.69) is 61.2 Å². The number of allylic oxidation sites excluding steroid dienone is 1. The average Bonchev–Trinajstić information content (AvgIpc) is 3.39. The summed E-state index contributed by atoms with van der Waals surface area (Å²) in [6.45, 7) is 8.18. The standard InChI is InChI=1S/C30H30N2O/c1-4-30(33)24-12-10-23(11-13-24)21(2)18-25-8-7-9-28(22(25)3)26-14-15-29(27(19-26)20-31)32-16-5-6-17-32/h7-15,18-19H,4-6,16-17H2,1-3H3/b21-18+. The summed E-state index contributed by atoms with van der Waals surface area (Å²) < 4.78 is 0. The highest BCUT2D eigenvalue weighted by molar-refractivity contribution is 5.96. The number of anilines is 1. The van der Waals surface area contributed by atoms with Gasteiger partial charge in [0.15, 0.2) is 5.78 Å². The Morgan fingerprint density at radius 1 is 1.03 bits per heavy atom. The van der Waals surface area contributed by atoms with Crippen molar-refractivity contribution in [2.75, 3.05) is 18.0 Å². The van der Waals surface area contributed by atoms with Gasteiger partial charge in [0.05, 0.1) is 11.3 Å². The maximum absolute atomic E-state index is 11.9. The van der Waals surface area contributed by atoms with Crippen LogP contribution in [0.5, 0.6) is 0 Å². The topological polar surface area (TPSA) is 44.1 Å². The molecule has 0 radical (unpaired) electrons. The van der Waals surface area contributed by atoms with Crippen molar-refractivity contribution in [1.29, 1.82) is 5.26 Å². The molecule has 0 atom stereocenters. The van der Waals surface area contributed by atoms with Crippen LogP contribution in [0.2, 0.25) is 0 Å². The number of hydrogen-bond donors (Lipinski definition) is 0. The van der Waals surface area contributed by atoms with Crippen molar-refractivity contribution in [3.63, 3.8) is 0 Å². The zero-order valence-corrected chi connectivity index (χ0v) is 19.7. The zero-order chi connectivity index (χ0) is 23.4. The van der Waals surface area contributed by atoms with Gasteiger partial charge in [-0.05, 0) is 72.2 Å². The summed E-state index contributed by atoms with van der Waals surface area (Å²) in [4.78, 5) is 14.2. The van der Waals surface area contributed by atoms with Crippen molar-refractivity contribution in [3.8, 4) is 17.2 Å². The summed E-state index contributed by atoms with van der Waals surface area (Å²) in [7, 11) is 0. The number of carbonyl (C=O) groups is 1. The van der Waals surface area contributed by atoms with E-state index >= 15 is 0 Å². The summed E-state index contributed by atoms with van der Waals surface area (Å²) in [5.74, 6) is 0.166. The van der Waals surface area contributed by atoms with Gasteiger partial charge in [-0.1, -0.05) is 61.5 Å². The number of ketones is 1. The monoisotopic (exact) mass is 434 g/mol. The maximum atomic E-state index is 11.9. The molecule has 1 saturated heterocycles. The Kier molecular flexibility index (Phi) is 6.75. The van der Waals surface area contributed by atoms with E-state index in [9.17, 15) is 10.1 Å². The second-order valence-corrected chi connectivity index (χ2v) is 8.74. The van der Waals surface area contributed by atoms with E-state index in [1.807, 2.05) is 37.3 Å². The van der Waals surface area contributed by atoms with Crippen molar-refractivity contribution < 1.29 is 4.79 Å². The number of nitriles is 1. The summed E-state index contributed by atoms with van der Waals surface area (Å²) in [5.41, 5.74) is 9.36. The van der Waals surface area contributed by atoms with Crippen molar-refractivity contribution in [2.45, 2.75) is 40.0 Å². The number of carbonyl (C=O) groups excluding carboxylic acids is 1. The molecule has 3 aromatic carbocycles. The van der Waals surface area contributed by atoms with Gasteiger partial charge in [0, 0.05) is 25.1 Å². The molecule has 1 aliphatic heterocycles. The van der Waals surface area contributed by atoms with E-state index in [0.717, 1.165) is 57.7 Å². The van der Waals surface area contributed by atoms with Crippen LogP contribution in [0.15, 0.2) is 60.7 Å². The van der Waals surface area contributed by atoms with Crippen LogP contribution in [0.25, 0.3) is 22.8 Å². The molecule has 33 heavy (non-hydrogen) atoms. The van der Waals surface area contributed by atoms with Crippen molar-refractivity contribution in [2.24, 2.45) is 0 Å². The Morgan fingerprint density at radius 3 is 2.39 bits per heavy atom. The SMILES string of the molecule is CCC(=O)c1ccc(/C(C)=C/c2cccc(-c3ccc(N4CCCC4)c(C#N)c3)c2C)cc1. The minimum Gasteiger partial charge on any atom is -0.370 e. The first-order chi connectivity index (χ1) is 16.0. The van der Waals surface area contributed by atoms with E-state index in [0.29, 0.717) is 6.42 Å². The third-order valence-corrected chi connectivity index (χ3v) is 6.61. The molecule has 166 valence electrons. The van der Waals surface area contributed by atoms with Gasteiger partial charge in [-0.3, -0.25) is 4.79 Å². The highest BCUT2D eigenvalue weighted by Crippen LogP contribution is 2.33. The molecule has 0 spiro atoms. The van der Waals surface area contributed by atoms with Gasteiger partial charge in [-0.25, -0.2) is 0 Å². The molecule has 0 saturated carbocycles. The molecule has 3 heteroatoms. The Bertz CT molecular complexity index is 1240. The highest BCUT2D eigenvalue weighted by atomic mass is 16.1. The lowest BCUT2D eigenvalue weighted by Gasteiger charge is -2.20. The summed E-state index contributed by atoms with van der Waals surface area (Å²) in [5, 5.41) is 9.78. The van der Waals surface area contributed by atoms with Gasteiger partial charge in [0.25, 0.3) is 0 Å². The minimum atomic E-state index is 0.166. The van der Waals surface area contributed by atoms with Gasteiger partial charge >= 0.3 is 0 Å². The summed E-state index contributed by atoms with van der Waals surface area (Å²) >= 11 is 0. The lowest BCUT2D eigenvalue weighted by Crippen LogP contribution is -2.18. The van der Waals surface area contributed by atoms with Gasteiger partial charge in [-0.2, -0.15) is 5.26 Å². The minimum absolute atomic E-state index is 0.166. The van der Waals surface area contributed by atoms with Gasteiger partial charge < -0.3 is 4.90 Å². The predicted molar refractivity (Wildman–Crippen MR) is 137 cm³/mol. The third kappa shape index (κ3) is 4.76. The second-order valence-electron chi connectivity index (χ2n) is 8.74. The fourth-order valence-corrected chi connectivity index (χ4v) is 4.59. The highest BCUT2D eigenvalue weighted by Gasteiger charge is 2.17. The van der Waals surface area contributed by atoms with E-state index in [1.54, 1.807) is 0 Å².